The minimum atomic E-state index is -3.80. The Morgan fingerprint density at radius 2 is 1.39 bits per heavy atom. The number of nitrogens with two attached hydrogens (primary N) is 1. The summed E-state index contributed by atoms with van der Waals surface area (Å²) < 4.78 is 49.8. The molecule has 0 bridgehead atoms. The van der Waals surface area contributed by atoms with Crippen molar-refractivity contribution in [2.75, 3.05) is 13.1 Å². The molecular weight excluding hydrogens is 402 g/mol. The molecule has 2 aromatic rings. The van der Waals surface area contributed by atoms with E-state index in [1.54, 1.807) is 4.90 Å². The molecule has 8 nitrogen and oxygen atoms in total. The van der Waals surface area contributed by atoms with Crippen LogP contribution >= 0.6 is 0 Å². The molecule has 0 radical (unpaired) electrons. The van der Waals surface area contributed by atoms with Gasteiger partial charge in [-0.2, -0.15) is 0 Å². The molecule has 0 unspecified atom stereocenters. The quantitative estimate of drug-likeness (QED) is 0.659. The van der Waals surface area contributed by atoms with Gasteiger partial charge >= 0.3 is 0 Å². The molecule has 28 heavy (non-hydrogen) atoms. The monoisotopic (exact) mass is 425 g/mol. The topological polar surface area (TPSA) is 127 Å². The summed E-state index contributed by atoms with van der Waals surface area (Å²) in [5, 5.41) is 5.03. The molecule has 0 heterocycles. The van der Waals surface area contributed by atoms with Crippen LogP contribution in [0.1, 0.15) is 29.8 Å². The molecule has 0 aliphatic rings. The summed E-state index contributed by atoms with van der Waals surface area (Å²) in [6.07, 6.45) is 0. The number of hydrogen-bond donors (Lipinski definition) is 2. The first-order chi connectivity index (χ1) is 13.1. The van der Waals surface area contributed by atoms with Crippen LogP contribution in [-0.2, 0) is 26.6 Å². The van der Waals surface area contributed by atoms with E-state index in [9.17, 15) is 21.6 Å². The first kappa shape index (κ1) is 22.0. The summed E-state index contributed by atoms with van der Waals surface area (Å²) in [4.78, 5) is 13.9. The average molecular weight is 426 g/mol. The van der Waals surface area contributed by atoms with Gasteiger partial charge in [0.25, 0.3) is 5.91 Å². The summed E-state index contributed by atoms with van der Waals surface area (Å²) >= 11 is 0. The minimum Gasteiger partial charge on any atom is -0.339 e. The molecule has 2 aromatic carbocycles. The molecule has 0 atom stereocenters. The zero-order valence-electron chi connectivity index (χ0n) is 15.6. The van der Waals surface area contributed by atoms with E-state index in [0.29, 0.717) is 24.2 Å². The van der Waals surface area contributed by atoms with E-state index < -0.39 is 20.0 Å². The molecule has 1 amide bonds. The predicted octanol–water partition coefficient (Wildman–Crippen LogP) is 1.29. The van der Waals surface area contributed by atoms with Crippen LogP contribution in [0.5, 0.6) is 0 Å². The van der Waals surface area contributed by atoms with E-state index in [2.05, 4.69) is 4.72 Å². The summed E-state index contributed by atoms with van der Waals surface area (Å²) in [5.74, 6) is -0.156. The van der Waals surface area contributed by atoms with Gasteiger partial charge in [-0.05, 0) is 55.8 Å². The Morgan fingerprint density at radius 1 is 0.893 bits per heavy atom. The lowest BCUT2D eigenvalue weighted by molar-refractivity contribution is 0.0773. The lowest BCUT2D eigenvalue weighted by atomic mass is 10.2. The third-order valence-corrected chi connectivity index (χ3v) is 6.53. The maximum Gasteiger partial charge on any atom is 0.253 e. The van der Waals surface area contributed by atoms with Gasteiger partial charge in [-0.15, -0.1) is 0 Å². The Morgan fingerprint density at radius 3 is 1.86 bits per heavy atom. The molecular formula is C18H23N3O5S2. The summed E-state index contributed by atoms with van der Waals surface area (Å²) in [7, 11) is -7.59. The van der Waals surface area contributed by atoms with Gasteiger partial charge in [0.1, 0.15) is 0 Å². The first-order valence-corrected chi connectivity index (χ1v) is 11.6. The van der Waals surface area contributed by atoms with E-state index in [-0.39, 0.29) is 22.2 Å². The molecule has 2 rings (SSSR count). The predicted molar refractivity (Wildman–Crippen MR) is 106 cm³/mol. The number of amides is 1. The Hall–Kier alpha value is -2.27. The SMILES string of the molecule is CCN(CC)C(=O)c1ccc(S(=O)(=O)NCc2ccc(S(N)(=O)=O)cc2)cc1. The average Bonchev–Trinajstić information content (AvgIpc) is 2.67. The number of sulfonamides is 2. The van der Waals surface area contributed by atoms with E-state index in [1.165, 1.54) is 48.5 Å². The van der Waals surface area contributed by atoms with Crippen LogP contribution in [0.15, 0.2) is 58.3 Å². The van der Waals surface area contributed by atoms with Crippen LogP contribution in [0.25, 0.3) is 0 Å². The van der Waals surface area contributed by atoms with Crippen molar-refractivity contribution in [2.45, 2.75) is 30.2 Å². The fourth-order valence-corrected chi connectivity index (χ4v) is 4.06. The van der Waals surface area contributed by atoms with Gasteiger partial charge in [0.05, 0.1) is 9.79 Å². The highest BCUT2D eigenvalue weighted by Gasteiger charge is 2.17. The molecule has 0 saturated carbocycles. The number of benzene rings is 2. The third-order valence-electron chi connectivity index (χ3n) is 4.18. The van der Waals surface area contributed by atoms with Crippen LogP contribution in [-0.4, -0.2) is 40.7 Å². The Bertz CT molecular complexity index is 1030. The van der Waals surface area contributed by atoms with E-state index in [4.69, 9.17) is 5.14 Å². The summed E-state index contributed by atoms with van der Waals surface area (Å²) in [5.41, 5.74) is 0.991. The van der Waals surface area contributed by atoms with Crippen molar-refractivity contribution in [2.24, 2.45) is 5.14 Å². The van der Waals surface area contributed by atoms with E-state index in [0.717, 1.165) is 0 Å². The van der Waals surface area contributed by atoms with Gasteiger partial charge in [-0.25, -0.2) is 26.7 Å². The summed E-state index contributed by atoms with van der Waals surface area (Å²) in [6, 6.07) is 11.3. The standard InChI is InChI=1S/C18H23N3O5S2/c1-3-21(4-2)18(22)15-7-11-17(12-8-15)28(25,26)20-13-14-5-9-16(10-6-14)27(19,23)24/h5-12,20H,3-4,13H2,1-2H3,(H2,19,23,24). The molecule has 0 aliphatic carbocycles. The molecule has 0 spiro atoms. The van der Waals surface area contributed by atoms with Gasteiger partial charge in [0.2, 0.25) is 20.0 Å². The highest BCUT2D eigenvalue weighted by Crippen LogP contribution is 2.14. The van der Waals surface area contributed by atoms with Gasteiger partial charge in [0.15, 0.2) is 0 Å². The van der Waals surface area contributed by atoms with Crippen molar-refractivity contribution in [3.8, 4) is 0 Å². The van der Waals surface area contributed by atoms with Crippen molar-refractivity contribution >= 4 is 26.0 Å². The van der Waals surface area contributed by atoms with E-state index >= 15 is 0 Å². The van der Waals surface area contributed by atoms with Gasteiger partial charge in [0, 0.05) is 25.2 Å². The van der Waals surface area contributed by atoms with Crippen molar-refractivity contribution < 1.29 is 21.6 Å². The van der Waals surface area contributed by atoms with Crippen molar-refractivity contribution in [3.63, 3.8) is 0 Å². The highest BCUT2D eigenvalue weighted by atomic mass is 32.2. The molecule has 0 aliphatic heterocycles. The smallest absolute Gasteiger partial charge is 0.253 e. The van der Waals surface area contributed by atoms with Gasteiger partial charge in [-0.3, -0.25) is 4.79 Å². The van der Waals surface area contributed by atoms with Crippen molar-refractivity contribution in [3.05, 3.63) is 59.7 Å². The number of nitrogens with one attached hydrogen (secondary N) is 1. The van der Waals surface area contributed by atoms with Crippen molar-refractivity contribution in [1.29, 1.82) is 0 Å². The summed E-state index contributed by atoms with van der Waals surface area (Å²) in [6.45, 7) is 4.87. The second kappa shape index (κ2) is 8.82. The van der Waals surface area contributed by atoms with Gasteiger partial charge < -0.3 is 4.90 Å². The number of hydrogen-bond acceptors (Lipinski definition) is 5. The number of primary sulfonamides is 1. The lowest BCUT2D eigenvalue weighted by Crippen LogP contribution is -2.30. The van der Waals surface area contributed by atoms with Crippen LogP contribution in [0.4, 0.5) is 0 Å². The van der Waals surface area contributed by atoms with Crippen molar-refractivity contribution in [1.82, 2.24) is 9.62 Å². The molecule has 3 N–H and O–H groups in total. The Kier molecular flexibility index (Phi) is 6.94. The molecule has 0 fully saturated rings. The van der Waals surface area contributed by atoms with Crippen LogP contribution < -0.4 is 9.86 Å². The number of carbonyl (C=O) groups excluding carboxylic acids is 1. The third kappa shape index (κ3) is 5.38. The van der Waals surface area contributed by atoms with Crippen LogP contribution in [0.2, 0.25) is 0 Å². The number of nitrogens with zero attached hydrogens (tertiary/aromatic N) is 1. The van der Waals surface area contributed by atoms with Crippen LogP contribution in [0, 0.1) is 0 Å². The largest absolute Gasteiger partial charge is 0.339 e. The van der Waals surface area contributed by atoms with E-state index in [1.807, 2.05) is 13.8 Å². The normalized spacial score (nSPS) is 12.0. The zero-order chi connectivity index (χ0) is 20.9. The second-order valence-electron chi connectivity index (χ2n) is 6.02. The zero-order valence-corrected chi connectivity index (χ0v) is 17.3. The molecule has 0 saturated heterocycles. The highest BCUT2D eigenvalue weighted by molar-refractivity contribution is 7.89. The fraction of sp³-hybridized carbons (Fsp3) is 0.278. The van der Waals surface area contributed by atoms with Crippen LogP contribution in [0.3, 0.4) is 0 Å². The minimum absolute atomic E-state index is 0.0205. The Labute approximate surface area is 165 Å². The van der Waals surface area contributed by atoms with Gasteiger partial charge in [-0.1, -0.05) is 12.1 Å². The molecule has 152 valence electrons. The number of rotatable bonds is 8. The molecule has 10 heteroatoms. The second-order valence-corrected chi connectivity index (χ2v) is 9.34. The maximum absolute atomic E-state index is 12.4. The first-order valence-electron chi connectivity index (χ1n) is 8.59. The lowest BCUT2D eigenvalue weighted by Gasteiger charge is -2.18. The maximum atomic E-state index is 12.4. The number of carbonyl (C=O) groups is 1. The fourth-order valence-electron chi connectivity index (χ4n) is 2.53. The Balaban J connectivity index is 2.09. The molecule has 0 aromatic heterocycles.